The van der Waals surface area contributed by atoms with Crippen LogP contribution < -0.4 is 5.56 Å². The van der Waals surface area contributed by atoms with Gasteiger partial charge in [0.05, 0.1) is 6.26 Å². The fourth-order valence-electron chi connectivity index (χ4n) is 2.58. The summed E-state index contributed by atoms with van der Waals surface area (Å²) in [5.41, 5.74) is 1.53. The molecule has 120 valence electrons. The lowest BCUT2D eigenvalue weighted by atomic mass is 10.0. The smallest absolute Gasteiger partial charge is 0.258 e. The van der Waals surface area contributed by atoms with Crippen LogP contribution in [0.25, 0.3) is 21.9 Å². The molecule has 0 fully saturated rings. The second-order valence-electron chi connectivity index (χ2n) is 5.59. The fraction of sp³-hybridized carbons (Fsp3) is 0.118. The molecule has 0 saturated carbocycles. The number of fused-ring (bicyclic) bond motifs is 1. The summed E-state index contributed by atoms with van der Waals surface area (Å²) in [6.07, 6.45) is 3.21. The standard InChI is InChI=1S/C17H17NO4S/c1-18-10-16(11-3-6-13(7-4-11)23(2,21)22)15-9-12(19)5-8-14(15)17(18)20/h3-10,19,21-22H,1-2H3/p+1. The number of benzene rings is 2. The van der Waals surface area contributed by atoms with E-state index in [0.717, 1.165) is 11.1 Å². The summed E-state index contributed by atoms with van der Waals surface area (Å²) in [4.78, 5) is 12.8. The van der Waals surface area contributed by atoms with E-state index >= 15 is 0 Å². The van der Waals surface area contributed by atoms with E-state index in [9.17, 15) is 14.5 Å². The number of hydrogen-bond acceptors (Lipinski definition) is 3. The average molecular weight is 332 g/mol. The highest BCUT2D eigenvalue weighted by molar-refractivity contribution is 8.23. The zero-order valence-corrected chi connectivity index (χ0v) is 13.6. The molecule has 1 unspecified atom stereocenters. The van der Waals surface area contributed by atoms with Crippen molar-refractivity contribution in [2.45, 2.75) is 4.90 Å². The predicted octanol–water partition coefficient (Wildman–Crippen LogP) is 2.82. The van der Waals surface area contributed by atoms with E-state index in [-0.39, 0.29) is 11.3 Å². The van der Waals surface area contributed by atoms with Gasteiger partial charge in [0.2, 0.25) is 0 Å². The summed E-state index contributed by atoms with van der Waals surface area (Å²) >= 11 is 0. The van der Waals surface area contributed by atoms with Crippen LogP contribution in [0, 0.1) is 0 Å². The van der Waals surface area contributed by atoms with Crippen LogP contribution in [0.1, 0.15) is 0 Å². The minimum atomic E-state index is -2.51. The highest BCUT2D eigenvalue weighted by Gasteiger charge is 2.14. The van der Waals surface area contributed by atoms with Crippen LogP contribution in [0.4, 0.5) is 0 Å². The molecular weight excluding hydrogens is 314 g/mol. The number of nitrogens with zero attached hydrogens (tertiary/aromatic N) is 1. The molecular formula is C17H18NO4S+. The van der Waals surface area contributed by atoms with Crippen molar-refractivity contribution in [3.05, 3.63) is 59.0 Å². The molecule has 23 heavy (non-hydrogen) atoms. The summed E-state index contributed by atoms with van der Waals surface area (Å²) in [6, 6.07) is 11.8. The van der Waals surface area contributed by atoms with E-state index in [1.807, 2.05) is 12.1 Å². The van der Waals surface area contributed by atoms with Crippen LogP contribution in [0.5, 0.6) is 5.75 Å². The van der Waals surface area contributed by atoms with Gasteiger partial charge in [-0.1, -0.05) is 22.7 Å². The third-order valence-corrected chi connectivity index (χ3v) is 4.98. The molecule has 3 rings (SSSR count). The van der Waals surface area contributed by atoms with Gasteiger partial charge in [0, 0.05) is 29.6 Å². The summed E-state index contributed by atoms with van der Waals surface area (Å²) in [7, 11) is -0.825. The second kappa shape index (κ2) is 5.42. The molecule has 0 amide bonds. The number of phenols is 1. The molecule has 4 N–H and O–H groups in total. The molecule has 0 aliphatic rings. The Bertz CT molecular complexity index is 940. The van der Waals surface area contributed by atoms with Gasteiger partial charge < -0.3 is 14.2 Å². The fourth-order valence-corrected chi connectivity index (χ4v) is 3.25. The molecule has 0 aliphatic heterocycles. The third-order valence-electron chi connectivity index (χ3n) is 3.79. The molecule has 6 heteroatoms. The van der Waals surface area contributed by atoms with Crippen LogP contribution in [0.15, 0.2) is 58.4 Å². The van der Waals surface area contributed by atoms with Gasteiger partial charge in [-0.3, -0.25) is 9.35 Å². The van der Waals surface area contributed by atoms with Crippen molar-refractivity contribution in [1.82, 2.24) is 4.57 Å². The maximum absolute atomic E-state index is 12.2. The monoisotopic (exact) mass is 332 g/mol. The number of aromatic hydroxyl groups is 1. The molecule has 1 aromatic heterocycles. The van der Waals surface area contributed by atoms with E-state index in [0.29, 0.717) is 15.7 Å². The first kappa shape index (κ1) is 15.6. The minimum Gasteiger partial charge on any atom is -0.508 e. The first-order chi connectivity index (χ1) is 10.8. The Balaban J connectivity index is 2.26. The van der Waals surface area contributed by atoms with Crippen molar-refractivity contribution >= 4 is 21.4 Å². The number of hydrogen-bond donors (Lipinski definition) is 2. The maximum atomic E-state index is 12.2. The Labute approximate surface area is 134 Å². The minimum absolute atomic E-state index is 0.0992. The average Bonchev–Trinajstić information content (AvgIpc) is 2.50. The van der Waals surface area contributed by atoms with Crippen LogP contribution in [0.2, 0.25) is 0 Å². The lowest BCUT2D eigenvalue weighted by Gasteiger charge is -2.22. The highest BCUT2D eigenvalue weighted by atomic mass is 32.3. The summed E-state index contributed by atoms with van der Waals surface area (Å²) in [5, 5.41) is 11.0. The summed E-state index contributed by atoms with van der Waals surface area (Å²) in [5.74, 6) is 0.0992. The molecule has 0 bridgehead atoms. The lowest BCUT2D eigenvalue weighted by Crippen LogP contribution is -2.16. The van der Waals surface area contributed by atoms with Crippen molar-refractivity contribution in [3.8, 4) is 16.9 Å². The topological polar surface area (TPSA) is 85.4 Å². The first-order valence-corrected chi connectivity index (χ1v) is 8.95. The molecule has 0 aliphatic carbocycles. The molecule has 5 nitrogen and oxygen atoms in total. The van der Waals surface area contributed by atoms with Gasteiger partial charge in [0.25, 0.3) is 5.56 Å². The summed E-state index contributed by atoms with van der Waals surface area (Å²) in [6.45, 7) is 0. The van der Waals surface area contributed by atoms with Crippen LogP contribution in [0.3, 0.4) is 0 Å². The molecule has 0 saturated heterocycles. The zero-order valence-electron chi connectivity index (χ0n) is 12.8. The number of aromatic nitrogens is 1. The van der Waals surface area contributed by atoms with E-state index in [2.05, 4.69) is 0 Å². The van der Waals surface area contributed by atoms with Crippen molar-refractivity contribution in [1.29, 1.82) is 0 Å². The van der Waals surface area contributed by atoms with Gasteiger partial charge in [-0.2, -0.15) is 0 Å². The van der Waals surface area contributed by atoms with Crippen LogP contribution >= 0.6 is 10.6 Å². The van der Waals surface area contributed by atoms with Gasteiger partial charge in [-0.05, 0) is 35.9 Å². The van der Waals surface area contributed by atoms with Gasteiger partial charge in [0.15, 0.2) is 0 Å². The van der Waals surface area contributed by atoms with Crippen LogP contribution in [-0.2, 0) is 7.05 Å². The van der Waals surface area contributed by atoms with E-state index < -0.39 is 10.6 Å². The van der Waals surface area contributed by atoms with E-state index in [4.69, 9.17) is 4.55 Å². The predicted molar refractivity (Wildman–Crippen MR) is 94.3 cm³/mol. The molecule has 3 aromatic rings. The van der Waals surface area contributed by atoms with Gasteiger partial charge in [-0.15, -0.1) is 0 Å². The quantitative estimate of drug-likeness (QED) is 0.708. The zero-order chi connectivity index (χ0) is 16.8. The molecule has 0 spiro atoms. The first-order valence-electron chi connectivity index (χ1n) is 6.95. The highest BCUT2D eigenvalue weighted by Crippen LogP contribution is 2.44. The Kier molecular flexibility index (Phi) is 3.68. The Morgan fingerprint density at radius 1 is 1.09 bits per heavy atom. The number of pyridine rings is 1. The van der Waals surface area contributed by atoms with Crippen molar-refractivity contribution in [2.75, 3.05) is 6.26 Å². The second-order valence-corrected chi connectivity index (χ2v) is 7.81. The maximum Gasteiger partial charge on any atom is 0.258 e. The van der Waals surface area contributed by atoms with E-state index in [1.165, 1.54) is 16.9 Å². The van der Waals surface area contributed by atoms with Gasteiger partial charge >= 0.3 is 0 Å². The van der Waals surface area contributed by atoms with Crippen molar-refractivity contribution < 1.29 is 14.2 Å². The normalized spacial score (nSPS) is 15.3. The third kappa shape index (κ3) is 2.84. The lowest BCUT2D eigenvalue weighted by molar-refractivity contribution is 0.476. The Morgan fingerprint density at radius 3 is 2.35 bits per heavy atom. The number of aryl methyl sites for hydroxylation is 1. The number of rotatable bonds is 2. The van der Waals surface area contributed by atoms with Gasteiger partial charge in [-0.25, -0.2) is 0 Å². The summed E-state index contributed by atoms with van der Waals surface area (Å²) < 4.78 is 19.0. The molecule has 1 atom stereocenters. The van der Waals surface area contributed by atoms with E-state index in [1.54, 1.807) is 37.5 Å². The SMILES string of the molecule is Cn1cc(-c2ccc(S(C)(O)[OH2+])cc2)c2cc(O)ccc2c1=O. The molecule has 1 heterocycles. The van der Waals surface area contributed by atoms with Crippen LogP contribution in [-0.4, -0.2) is 25.0 Å². The Hall–Kier alpha value is -2.28. The van der Waals surface area contributed by atoms with Gasteiger partial charge in [0.1, 0.15) is 10.6 Å². The molecule has 2 aromatic carbocycles. The number of phenolic OH excluding ortho intramolecular Hbond substituents is 1. The largest absolute Gasteiger partial charge is 0.508 e. The molecule has 0 radical (unpaired) electrons. The van der Waals surface area contributed by atoms with Crippen molar-refractivity contribution in [3.63, 3.8) is 0 Å². The van der Waals surface area contributed by atoms with Crippen molar-refractivity contribution in [2.24, 2.45) is 7.05 Å². The Morgan fingerprint density at radius 2 is 1.74 bits per heavy atom.